The highest BCUT2D eigenvalue weighted by Crippen LogP contribution is 2.31. The van der Waals surface area contributed by atoms with E-state index in [1.165, 1.54) is 11.9 Å². The Kier molecular flexibility index (Phi) is 6.99. The summed E-state index contributed by atoms with van der Waals surface area (Å²) in [6.45, 7) is 8.10. The van der Waals surface area contributed by atoms with Crippen molar-refractivity contribution in [3.8, 4) is 0 Å². The zero-order chi connectivity index (χ0) is 24.3. The number of nitrogens with two attached hydrogens (primary N) is 1. The third-order valence-corrected chi connectivity index (χ3v) is 6.00. The number of imidazole rings is 1. The predicted molar refractivity (Wildman–Crippen MR) is 130 cm³/mol. The van der Waals surface area contributed by atoms with E-state index in [4.69, 9.17) is 15.2 Å². The number of rotatable bonds is 7. The maximum atomic E-state index is 12.1. The van der Waals surface area contributed by atoms with Gasteiger partial charge < -0.3 is 20.1 Å². The number of nitrogens with zero attached hydrogens (tertiary/aromatic N) is 5. The number of benzene rings is 1. The Morgan fingerprint density at radius 3 is 2.74 bits per heavy atom. The van der Waals surface area contributed by atoms with Crippen LogP contribution in [0.1, 0.15) is 45.4 Å². The first-order chi connectivity index (χ1) is 16.2. The van der Waals surface area contributed by atoms with Crippen LogP contribution in [0.15, 0.2) is 36.9 Å². The third-order valence-electron chi connectivity index (χ3n) is 6.00. The molecule has 0 bridgehead atoms. The number of nitrogens with one attached hydrogen (secondary N) is 1. The van der Waals surface area contributed by atoms with Crippen LogP contribution in [0.2, 0.25) is 0 Å². The van der Waals surface area contributed by atoms with Gasteiger partial charge in [0.2, 0.25) is 0 Å². The van der Waals surface area contributed by atoms with E-state index in [1.807, 2.05) is 35.9 Å². The van der Waals surface area contributed by atoms with Gasteiger partial charge in [0.05, 0.1) is 12.4 Å². The number of carbonyl (C=O) groups is 1. The second-order valence-electron chi connectivity index (χ2n) is 9.72. The summed E-state index contributed by atoms with van der Waals surface area (Å²) in [5.41, 5.74) is 9.15. The monoisotopic (exact) mass is 467 g/mol. The van der Waals surface area contributed by atoms with Crippen LogP contribution in [-0.2, 0) is 14.9 Å². The minimum atomic E-state index is -0.456. The summed E-state index contributed by atoms with van der Waals surface area (Å²) in [4.78, 5) is 26.8. The maximum absolute atomic E-state index is 12.1. The number of likely N-dealkylation sites (N-methyl/N-ethyl adjacent to an activating group) is 1. The van der Waals surface area contributed by atoms with E-state index in [0.717, 1.165) is 25.1 Å². The molecule has 1 aliphatic heterocycles. The van der Waals surface area contributed by atoms with E-state index in [0.29, 0.717) is 30.1 Å². The minimum absolute atomic E-state index is 0.0710. The van der Waals surface area contributed by atoms with Gasteiger partial charge in [0.25, 0.3) is 0 Å². The average Bonchev–Trinajstić information content (AvgIpc) is 3.41. The normalized spacial score (nSPS) is 18.5. The molecule has 1 fully saturated rings. The second-order valence-corrected chi connectivity index (χ2v) is 9.72. The molecule has 10 nitrogen and oxygen atoms in total. The highest BCUT2D eigenvalue weighted by atomic mass is 16.5. The number of fused-ring (bicyclic) bond motifs is 1. The van der Waals surface area contributed by atoms with Crippen molar-refractivity contribution in [3.05, 3.63) is 42.5 Å². The molecule has 0 radical (unpaired) electrons. The Bertz CT molecular complexity index is 1120. The van der Waals surface area contributed by atoms with Crippen LogP contribution in [0.25, 0.3) is 11.2 Å². The molecule has 2 unspecified atom stereocenters. The summed E-state index contributed by atoms with van der Waals surface area (Å²) in [6.07, 6.45) is 4.40. The molecular weight excluding hydrogens is 434 g/mol. The van der Waals surface area contributed by atoms with Gasteiger partial charge in [-0.15, -0.1) is 0 Å². The fraction of sp³-hybridized carbons (Fsp3) is 0.500. The molecule has 1 aromatic carbocycles. The number of carbonyl (C=O) groups excluding carboxylic acids is 1. The van der Waals surface area contributed by atoms with Gasteiger partial charge in [0.15, 0.2) is 11.5 Å². The number of nitrogen functional groups attached to an aromatic ring is 1. The Balaban J connectivity index is 1.19. The van der Waals surface area contributed by atoms with Gasteiger partial charge in [-0.05, 0) is 43.0 Å². The van der Waals surface area contributed by atoms with Gasteiger partial charge >= 0.3 is 6.09 Å². The van der Waals surface area contributed by atoms with E-state index < -0.39 is 6.09 Å². The van der Waals surface area contributed by atoms with Gasteiger partial charge in [0, 0.05) is 18.8 Å². The summed E-state index contributed by atoms with van der Waals surface area (Å²) >= 11 is 0. The predicted octanol–water partition coefficient (Wildman–Crippen LogP) is 3.56. The average molecular weight is 468 g/mol. The molecule has 1 aliphatic rings. The van der Waals surface area contributed by atoms with E-state index in [2.05, 4.69) is 45.9 Å². The van der Waals surface area contributed by atoms with Gasteiger partial charge in [-0.1, -0.05) is 32.9 Å². The van der Waals surface area contributed by atoms with Crippen molar-refractivity contribution < 1.29 is 14.3 Å². The molecule has 3 heterocycles. The molecule has 182 valence electrons. The topological polar surface area (TPSA) is 120 Å². The van der Waals surface area contributed by atoms with Crippen molar-refractivity contribution in [2.75, 3.05) is 37.8 Å². The quantitative estimate of drug-likeness (QED) is 0.541. The molecule has 3 aromatic rings. The maximum Gasteiger partial charge on any atom is 0.411 e. The van der Waals surface area contributed by atoms with E-state index in [1.54, 1.807) is 6.33 Å². The first-order valence-electron chi connectivity index (χ1n) is 11.5. The largest absolute Gasteiger partial charge is 0.448 e. The lowest BCUT2D eigenvalue weighted by atomic mass is 9.87. The summed E-state index contributed by atoms with van der Waals surface area (Å²) < 4.78 is 13.5. The van der Waals surface area contributed by atoms with Crippen LogP contribution in [-0.4, -0.2) is 63.4 Å². The number of amides is 1. The molecule has 1 amide bonds. The molecule has 3 N–H and O–H groups in total. The zero-order valence-corrected chi connectivity index (χ0v) is 20.2. The Morgan fingerprint density at radius 2 is 2.00 bits per heavy atom. The zero-order valence-electron chi connectivity index (χ0n) is 20.2. The highest BCUT2D eigenvalue weighted by Gasteiger charge is 2.29. The van der Waals surface area contributed by atoms with Crippen LogP contribution < -0.4 is 11.1 Å². The summed E-state index contributed by atoms with van der Waals surface area (Å²) in [7, 11) is 1.99. The summed E-state index contributed by atoms with van der Waals surface area (Å²) in [5, 5.41) is 2.78. The SMILES string of the molecule is CN(CCOC(=O)Nc1ccc(C(C)(C)C)cc1)CC1CCC(n2cnc3c(N)ncnc32)O1. The molecular formula is C24H33N7O3. The molecule has 0 aliphatic carbocycles. The number of hydrogen-bond donors (Lipinski definition) is 2. The molecule has 1 saturated heterocycles. The van der Waals surface area contributed by atoms with E-state index >= 15 is 0 Å². The molecule has 2 atom stereocenters. The lowest BCUT2D eigenvalue weighted by Crippen LogP contribution is -2.32. The number of ether oxygens (including phenoxy) is 2. The highest BCUT2D eigenvalue weighted by molar-refractivity contribution is 5.84. The lowest BCUT2D eigenvalue weighted by Gasteiger charge is -2.21. The molecule has 0 spiro atoms. The van der Waals surface area contributed by atoms with Crippen molar-refractivity contribution in [1.82, 2.24) is 24.4 Å². The van der Waals surface area contributed by atoms with Crippen LogP contribution in [0.4, 0.5) is 16.3 Å². The lowest BCUT2D eigenvalue weighted by molar-refractivity contribution is -0.00989. The molecule has 10 heteroatoms. The van der Waals surface area contributed by atoms with Crippen molar-refractivity contribution in [1.29, 1.82) is 0 Å². The first kappa shape index (κ1) is 23.9. The van der Waals surface area contributed by atoms with Crippen LogP contribution in [0.5, 0.6) is 0 Å². The van der Waals surface area contributed by atoms with Crippen molar-refractivity contribution >= 4 is 28.8 Å². The summed E-state index contributed by atoms with van der Waals surface area (Å²) in [6, 6.07) is 7.83. The van der Waals surface area contributed by atoms with E-state index in [-0.39, 0.29) is 17.7 Å². The molecule has 4 rings (SSSR count). The van der Waals surface area contributed by atoms with Gasteiger partial charge in [-0.25, -0.2) is 19.7 Å². The van der Waals surface area contributed by atoms with Crippen LogP contribution in [0.3, 0.4) is 0 Å². The molecule has 2 aromatic heterocycles. The smallest absolute Gasteiger partial charge is 0.411 e. The standard InChI is InChI=1S/C24H33N7O3/c1-24(2,3)16-5-7-17(8-6-16)29-23(32)33-12-11-30(4)13-18-9-10-19(34-18)31-15-28-20-21(25)26-14-27-22(20)31/h5-8,14-15,18-19H,9-13H2,1-4H3,(H,29,32)(H2,25,26,27). The summed E-state index contributed by atoms with van der Waals surface area (Å²) in [5.74, 6) is 0.365. The first-order valence-corrected chi connectivity index (χ1v) is 11.5. The van der Waals surface area contributed by atoms with Crippen LogP contribution in [0, 0.1) is 0 Å². The Morgan fingerprint density at radius 1 is 1.24 bits per heavy atom. The van der Waals surface area contributed by atoms with Crippen molar-refractivity contribution in [3.63, 3.8) is 0 Å². The van der Waals surface area contributed by atoms with Crippen LogP contribution >= 0.6 is 0 Å². The van der Waals surface area contributed by atoms with Gasteiger partial charge in [-0.2, -0.15) is 0 Å². The second kappa shape index (κ2) is 9.94. The van der Waals surface area contributed by atoms with Gasteiger partial charge in [0.1, 0.15) is 24.7 Å². The fourth-order valence-corrected chi connectivity index (χ4v) is 4.05. The Labute approximate surface area is 199 Å². The number of anilines is 2. The third kappa shape index (κ3) is 5.63. The Hall–Kier alpha value is -3.24. The molecule has 0 saturated carbocycles. The van der Waals surface area contributed by atoms with E-state index in [9.17, 15) is 4.79 Å². The molecule has 34 heavy (non-hydrogen) atoms. The number of hydrogen-bond acceptors (Lipinski definition) is 8. The van der Waals surface area contributed by atoms with Crippen molar-refractivity contribution in [2.24, 2.45) is 0 Å². The minimum Gasteiger partial charge on any atom is -0.448 e. The van der Waals surface area contributed by atoms with Gasteiger partial charge in [-0.3, -0.25) is 9.88 Å². The van der Waals surface area contributed by atoms with Crippen molar-refractivity contribution in [2.45, 2.75) is 51.4 Å². The number of aromatic nitrogens is 4. The fourth-order valence-electron chi connectivity index (χ4n) is 4.05.